The lowest BCUT2D eigenvalue weighted by Crippen LogP contribution is -2.29. The Hall–Kier alpha value is -0.0600. The van der Waals surface area contributed by atoms with Crippen molar-refractivity contribution in [3.8, 4) is 0 Å². The van der Waals surface area contributed by atoms with Crippen LogP contribution in [0.25, 0.3) is 0 Å². The van der Waals surface area contributed by atoms with Crippen molar-refractivity contribution in [1.82, 2.24) is 0 Å². The van der Waals surface area contributed by atoms with Gasteiger partial charge in [-0.25, -0.2) is 0 Å². The van der Waals surface area contributed by atoms with Crippen LogP contribution in [0.4, 0.5) is 0 Å². The van der Waals surface area contributed by atoms with Gasteiger partial charge in [-0.3, -0.25) is 0 Å². The smallest absolute Gasteiger partial charge is 0.0961 e. The Balaban J connectivity index is 2.06. The molecule has 0 aliphatic carbocycles. The van der Waals surface area contributed by atoms with Gasteiger partial charge in [0, 0.05) is 27.6 Å². The topological polar surface area (TPSA) is 33.4 Å². The van der Waals surface area contributed by atoms with Crippen molar-refractivity contribution in [2.75, 3.05) is 11.5 Å². The summed E-state index contributed by atoms with van der Waals surface area (Å²) >= 11 is 3.81. The molecule has 14 heavy (non-hydrogen) atoms. The predicted molar refractivity (Wildman–Crippen MR) is 61.8 cm³/mol. The van der Waals surface area contributed by atoms with Crippen LogP contribution in [0.2, 0.25) is 0 Å². The first kappa shape index (κ1) is 10.5. The van der Waals surface area contributed by atoms with E-state index in [0.29, 0.717) is 10.5 Å². The Morgan fingerprint density at radius 1 is 1.50 bits per heavy atom. The third kappa shape index (κ3) is 2.12. The van der Waals surface area contributed by atoms with Crippen LogP contribution < -0.4 is 0 Å². The van der Waals surface area contributed by atoms with Crippen LogP contribution in [0.1, 0.15) is 18.6 Å². The number of aliphatic hydroxyl groups excluding tert-OH is 1. The van der Waals surface area contributed by atoms with Crippen LogP contribution in [0, 0.1) is 0 Å². The van der Waals surface area contributed by atoms with Crippen molar-refractivity contribution in [1.29, 1.82) is 0 Å². The van der Waals surface area contributed by atoms with E-state index in [4.69, 9.17) is 4.42 Å². The van der Waals surface area contributed by atoms with Crippen molar-refractivity contribution in [3.05, 3.63) is 24.2 Å². The summed E-state index contributed by atoms with van der Waals surface area (Å²) in [5, 5.41) is 10.9. The number of rotatable bonds is 2. The third-order valence-electron chi connectivity index (χ3n) is 2.43. The normalized spacial score (nSPS) is 30.1. The Bertz CT molecular complexity index is 274. The van der Waals surface area contributed by atoms with Gasteiger partial charge in [0.1, 0.15) is 0 Å². The van der Waals surface area contributed by atoms with Gasteiger partial charge in [0.05, 0.1) is 18.6 Å². The van der Waals surface area contributed by atoms with Crippen molar-refractivity contribution < 1.29 is 9.52 Å². The lowest BCUT2D eigenvalue weighted by molar-refractivity contribution is 0.173. The number of hydrogen-bond donors (Lipinski definition) is 1. The summed E-state index contributed by atoms with van der Waals surface area (Å²) in [6.07, 6.45) is 2.86. The van der Waals surface area contributed by atoms with Gasteiger partial charge in [-0.1, -0.05) is 6.92 Å². The van der Waals surface area contributed by atoms with E-state index in [9.17, 15) is 5.11 Å². The molecule has 1 aliphatic rings. The molecule has 1 N–H and O–H groups in total. The van der Waals surface area contributed by atoms with E-state index in [1.165, 1.54) is 5.75 Å². The highest BCUT2D eigenvalue weighted by molar-refractivity contribution is 8.07. The summed E-state index contributed by atoms with van der Waals surface area (Å²) < 4.78 is 4.99. The Labute approximate surface area is 92.5 Å². The summed E-state index contributed by atoms with van der Waals surface area (Å²) in [5.74, 6) is 2.33. The standard InChI is InChI=1S/C10H14O2S2/c1-7-10(14-5-4-13-7)9(11)8-2-3-12-6-8/h2-3,6-7,9-11H,4-5H2,1H3. The second-order valence-electron chi connectivity index (χ2n) is 3.41. The minimum atomic E-state index is -0.387. The molecule has 1 aromatic rings. The van der Waals surface area contributed by atoms with Crippen molar-refractivity contribution in [3.63, 3.8) is 0 Å². The molecule has 0 saturated carbocycles. The van der Waals surface area contributed by atoms with Crippen molar-refractivity contribution in [2.24, 2.45) is 0 Å². The van der Waals surface area contributed by atoms with Gasteiger partial charge >= 0.3 is 0 Å². The first-order valence-corrected chi connectivity index (χ1v) is 6.82. The molecule has 0 bridgehead atoms. The molecule has 78 valence electrons. The highest BCUT2D eigenvalue weighted by atomic mass is 32.2. The molecule has 2 rings (SSSR count). The highest BCUT2D eigenvalue weighted by Crippen LogP contribution is 2.38. The molecule has 0 radical (unpaired) electrons. The quantitative estimate of drug-likeness (QED) is 0.846. The number of furan rings is 1. The van der Waals surface area contributed by atoms with E-state index in [2.05, 4.69) is 6.92 Å². The van der Waals surface area contributed by atoms with Crippen molar-refractivity contribution in [2.45, 2.75) is 23.5 Å². The van der Waals surface area contributed by atoms with Crippen LogP contribution in [-0.2, 0) is 0 Å². The maximum Gasteiger partial charge on any atom is 0.0961 e. The largest absolute Gasteiger partial charge is 0.472 e. The minimum Gasteiger partial charge on any atom is -0.472 e. The van der Waals surface area contributed by atoms with Gasteiger partial charge < -0.3 is 9.52 Å². The second kappa shape index (κ2) is 4.64. The van der Waals surface area contributed by atoms with Crippen LogP contribution in [0.5, 0.6) is 0 Å². The van der Waals surface area contributed by atoms with E-state index < -0.39 is 0 Å². The fourth-order valence-electron chi connectivity index (χ4n) is 1.63. The van der Waals surface area contributed by atoms with E-state index in [0.717, 1.165) is 11.3 Å². The van der Waals surface area contributed by atoms with Crippen molar-refractivity contribution >= 4 is 23.5 Å². The molecular formula is C10H14O2S2. The predicted octanol–water partition coefficient (Wildman–Crippen LogP) is 2.55. The van der Waals surface area contributed by atoms with Gasteiger partial charge in [-0.2, -0.15) is 23.5 Å². The fraction of sp³-hybridized carbons (Fsp3) is 0.600. The lowest BCUT2D eigenvalue weighted by Gasteiger charge is -2.31. The van der Waals surface area contributed by atoms with Crippen LogP contribution in [0.3, 0.4) is 0 Å². The molecule has 1 saturated heterocycles. The van der Waals surface area contributed by atoms with Crippen LogP contribution in [0.15, 0.2) is 23.0 Å². The summed E-state index contributed by atoms with van der Waals surface area (Å²) in [6, 6.07) is 1.84. The zero-order valence-corrected chi connectivity index (χ0v) is 9.68. The summed E-state index contributed by atoms with van der Waals surface area (Å²) in [5.41, 5.74) is 0.900. The molecule has 1 aliphatic heterocycles. The maximum absolute atomic E-state index is 10.1. The molecule has 0 amide bonds. The number of hydrogen-bond acceptors (Lipinski definition) is 4. The Kier molecular flexibility index (Phi) is 3.47. The van der Waals surface area contributed by atoms with Gasteiger partial charge in [-0.15, -0.1) is 0 Å². The van der Waals surface area contributed by atoms with E-state index >= 15 is 0 Å². The number of thioether (sulfide) groups is 2. The lowest BCUT2D eigenvalue weighted by atomic mass is 10.1. The molecule has 3 atom stereocenters. The van der Waals surface area contributed by atoms with Crippen LogP contribution >= 0.6 is 23.5 Å². The van der Waals surface area contributed by atoms with Gasteiger partial charge in [0.25, 0.3) is 0 Å². The molecule has 1 aromatic heterocycles. The molecular weight excluding hydrogens is 216 g/mol. The first-order valence-electron chi connectivity index (χ1n) is 4.72. The SMILES string of the molecule is CC1SCCSC1C(O)c1ccoc1. The molecule has 0 spiro atoms. The Morgan fingerprint density at radius 3 is 2.93 bits per heavy atom. The number of aliphatic hydroxyl groups is 1. The zero-order valence-electron chi connectivity index (χ0n) is 8.05. The van der Waals surface area contributed by atoms with Crippen LogP contribution in [-0.4, -0.2) is 27.1 Å². The van der Waals surface area contributed by atoms with E-state index in [1.807, 2.05) is 29.6 Å². The average Bonchev–Trinajstić information content (AvgIpc) is 2.70. The molecule has 2 heterocycles. The molecule has 1 fully saturated rings. The fourth-order valence-corrected chi connectivity index (χ4v) is 4.46. The van der Waals surface area contributed by atoms with Gasteiger partial charge in [-0.05, 0) is 6.07 Å². The molecule has 2 nitrogen and oxygen atoms in total. The third-order valence-corrected chi connectivity index (χ3v) is 5.61. The highest BCUT2D eigenvalue weighted by Gasteiger charge is 2.30. The maximum atomic E-state index is 10.1. The monoisotopic (exact) mass is 230 g/mol. The summed E-state index contributed by atoms with van der Waals surface area (Å²) in [7, 11) is 0. The molecule has 4 heteroatoms. The second-order valence-corrected chi connectivity index (χ2v) is 6.18. The van der Waals surface area contributed by atoms with Gasteiger partial charge in [0.15, 0.2) is 0 Å². The minimum absolute atomic E-state index is 0.298. The average molecular weight is 230 g/mol. The first-order chi connectivity index (χ1) is 6.79. The summed E-state index contributed by atoms with van der Waals surface area (Å²) in [4.78, 5) is 0. The van der Waals surface area contributed by atoms with E-state index in [-0.39, 0.29) is 6.10 Å². The molecule has 0 aromatic carbocycles. The Morgan fingerprint density at radius 2 is 2.29 bits per heavy atom. The summed E-state index contributed by atoms with van der Waals surface area (Å²) in [6.45, 7) is 2.19. The zero-order chi connectivity index (χ0) is 9.97. The van der Waals surface area contributed by atoms with Gasteiger partial charge in [0.2, 0.25) is 0 Å². The van der Waals surface area contributed by atoms with E-state index in [1.54, 1.807) is 12.5 Å². The molecule has 3 unspecified atom stereocenters.